The number of ketones is 1. The molecule has 1 aromatic carbocycles. The molecular formula is C15H18N4O5. The van der Waals surface area contributed by atoms with Gasteiger partial charge in [-0.15, -0.1) is 0 Å². The number of hydrogen-bond acceptors (Lipinski definition) is 5. The second-order valence-electron chi connectivity index (χ2n) is 5.93. The van der Waals surface area contributed by atoms with Gasteiger partial charge in [0.15, 0.2) is 0 Å². The summed E-state index contributed by atoms with van der Waals surface area (Å²) in [6.07, 6.45) is -0.927. The summed E-state index contributed by atoms with van der Waals surface area (Å²) in [6.45, 7) is 4.91. The van der Waals surface area contributed by atoms with Crippen LogP contribution in [0.3, 0.4) is 0 Å². The Labute approximate surface area is 138 Å². The lowest BCUT2D eigenvalue weighted by molar-refractivity contribution is -0.381. The maximum Gasteiger partial charge on any atom is 0.649 e. The molecule has 1 rings (SSSR count). The normalized spacial score (nSPS) is 11.8. The highest BCUT2D eigenvalue weighted by atomic mass is 16.6. The molecule has 1 amide bonds. The van der Waals surface area contributed by atoms with Gasteiger partial charge in [0.1, 0.15) is 16.6 Å². The number of amides is 1. The van der Waals surface area contributed by atoms with E-state index >= 15 is 0 Å². The highest BCUT2D eigenvalue weighted by Gasteiger charge is 2.41. The number of benzene rings is 1. The zero-order valence-electron chi connectivity index (χ0n) is 13.6. The average Bonchev–Trinajstić information content (AvgIpc) is 2.45. The van der Waals surface area contributed by atoms with Crippen molar-refractivity contribution in [1.29, 1.82) is 0 Å². The van der Waals surface area contributed by atoms with E-state index in [0.717, 1.165) is 0 Å². The summed E-state index contributed by atoms with van der Waals surface area (Å²) in [5.41, 5.74) is 8.54. The number of carbonyl (C=O) groups excluding carboxylic acids is 2. The van der Waals surface area contributed by atoms with Crippen molar-refractivity contribution in [2.45, 2.75) is 38.8 Å². The Kier molecular flexibility index (Phi) is 6.31. The SMILES string of the molecule is CC(C)(C)OC(=O)N[C@@H](Cc1ccccc1)C(=O)C(=[N+]=[N-])[N+](=O)[O-]. The molecule has 1 N–H and O–H groups in total. The van der Waals surface area contributed by atoms with E-state index in [2.05, 4.69) is 10.1 Å². The molecule has 9 nitrogen and oxygen atoms in total. The molecule has 0 radical (unpaired) electrons. The number of carbonyl (C=O) groups is 2. The first-order chi connectivity index (χ1) is 11.1. The minimum atomic E-state index is -1.31. The first kappa shape index (κ1) is 19.0. The van der Waals surface area contributed by atoms with E-state index in [1.165, 1.54) is 0 Å². The standard InChI is InChI=1S/C15H18N4O5/c1-15(2,3)24-14(21)17-11(9-10-7-5-4-6-8-10)12(20)13(18-16)19(22)23/h4-8,11H,9H2,1-3H3,(H,17,21)/t11-/m0/s1. The van der Waals surface area contributed by atoms with Gasteiger partial charge in [-0.25, -0.2) is 4.79 Å². The monoisotopic (exact) mass is 334 g/mol. The molecule has 128 valence electrons. The zero-order chi connectivity index (χ0) is 18.3. The molecule has 0 aliphatic carbocycles. The van der Waals surface area contributed by atoms with E-state index in [-0.39, 0.29) is 6.42 Å². The molecule has 0 heterocycles. The molecule has 0 saturated carbocycles. The minimum Gasteiger partial charge on any atom is -0.444 e. The van der Waals surface area contributed by atoms with Gasteiger partial charge in [-0.05, 0) is 26.3 Å². The van der Waals surface area contributed by atoms with Crippen LogP contribution >= 0.6 is 0 Å². The molecule has 0 unspecified atom stereocenters. The lowest BCUT2D eigenvalue weighted by Gasteiger charge is -2.22. The molecule has 0 aliphatic rings. The first-order valence-corrected chi connectivity index (χ1v) is 7.08. The second-order valence-corrected chi connectivity index (χ2v) is 5.93. The van der Waals surface area contributed by atoms with E-state index in [9.17, 15) is 19.7 Å². The van der Waals surface area contributed by atoms with Crippen LogP contribution in [0, 0.1) is 10.1 Å². The lowest BCUT2D eigenvalue weighted by atomic mass is 10.0. The van der Waals surface area contributed by atoms with Crippen molar-refractivity contribution in [1.82, 2.24) is 5.32 Å². The number of ether oxygens (including phenoxy) is 1. The van der Waals surface area contributed by atoms with Crippen LogP contribution in [0.4, 0.5) is 4.79 Å². The number of alkyl carbamates (subject to hydrolysis) is 1. The fraction of sp³-hybridized carbons (Fsp3) is 0.400. The number of nitrogens with one attached hydrogen (secondary N) is 1. The van der Waals surface area contributed by atoms with Gasteiger partial charge in [-0.2, -0.15) is 0 Å². The quantitative estimate of drug-likeness (QED) is 0.218. The van der Waals surface area contributed by atoms with Gasteiger partial charge < -0.3 is 15.6 Å². The Morgan fingerprint density at radius 1 is 1.33 bits per heavy atom. The molecule has 9 heteroatoms. The predicted octanol–water partition coefficient (Wildman–Crippen LogP) is 1.60. The van der Waals surface area contributed by atoms with Crippen molar-refractivity contribution in [2.24, 2.45) is 0 Å². The van der Waals surface area contributed by atoms with Crippen LogP contribution in [-0.4, -0.2) is 39.1 Å². The molecule has 0 fully saturated rings. The molecule has 24 heavy (non-hydrogen) atoms. The molecular weight excluding hydrogens is 316 g/mol. The lowest BCUT2D eigenvalue weighted by Crippen LogP contribution is -2.48. The molecule has 0 bridgehead atoms. The smallest absolute Gasteiger partial charge is 0.444 e. The van der Waals surface area contributed by atoms with Gasteiger partial charge in [0.25, 0.3) is 0 Å². The van der Waals surface area contributed by atoms with Gasteiger partial charge in [-0.1, -0.05) is 35.1 Å². The van der Waals surface area contributed by atoms with Crippen LogP contribution in [0.5, 0.6) is 0 Å². The van der Waals surface area contributed by atoms with Crippen LogP contribution < -0.4 is 5.32 Å². The topological polar surface area (TPSA) is 135 Å². The minimum absolute atomic E-state index is 0.0220. The Morgan fingerprint density at radius 3 is 2.38 bits per heavy atom. The van der Waals surface area contributed by atoms with Crippen LogP contribution in [0.25, 0.3) is 5.53 Å². The van der Waals surface area contributed by atoms with E-state index in [1.54, 1.807) is 51.1 Å². The number of amidine groups is 1. The molecule has 0 aliphatic heterocycles. The van der Waals surface area contributed by atoms with Crippen LogP contribution in [0.15, 0.2) is 30.3 Å². The Morgan fingerprint density at radius 2 is 1.92 bits per heavy atom. The third-order valence-corrected chi connectivity index (χ3v) is 2.78. The van der Waals surface area contributed by atoms with E-state index < -0.39 is 34.3 Å². The molecule has 1 aromatic rings. The largest absolute Gasteiger partial charge is 0.649 e. The number of rotatable bonds is 5. The van der Waals surface area contributed by atoms with Crippen molar-refractivity contribution in [2.75, 3.05) is 0 Å². The van der Waals surface area contributed by atoms with Gasteiger partial charge in [0, 0.05) is 6.42 Å². The fourth-order valence-electron chi connectivity index (χ4n) is 1.84. The van der Waals surface area contributed by atoms with E-state index in [1.807, 2.05) is 0 Å². The van der Waals surface area contributed by atoms with Gasteiger partial charge in [-0.3, -0.25) is 14.9 Å². The predicted molar refractivity (Wildman–Crippen MR) is 83.9 cm³/mol. The third kappa shape index (κ3) is 5.98. The third-order valence-electron chi connectivity index (χ3n) is 2.78. The Bertz CT molecular complexity index is 675. The number of nitrogens with zero attached hydrogens (tertiary/aromatic N) is 3. The summed E-state index contributed by atoms with van der Waals surface area (Å²) in [4.78, 5) is 36.2. The zero-order valence-corrected chi connectivity index (χ0v) is 13.6. The van der Waals surface area contributed by atoms with E-state index in [0.29, 0.717) is 5.56 Å². The van der Waals surface area contributed by atoms with Crippen molar-refractivity contribution in [3.8, 4) is 0 Å². The van der Waals surface area contributed by atoms with Gasteiger partial charge in [0.2, 0.25) is 0 Å². The fourth-order valence-corrected chi connectivity index (χ4v) is 1.84. The van der Waals surface area contributed by atoms with Crippen molar-refractivity contribution < 1.29 is 24.0 Å². The molecule has 0 aromatic heterocycles. The highest BCUT2D eigenvalue weighted by molar-refractivity contribution is 6.35. The van der Waals surface area contributed by atoms with Gasteiger partial charge in [0.05, 0.1) is 0 Å². The Balaban J connectivity index is 3.03. The Hall–Kier alpha value is -3.06. The first-order valence-electron chi connectivity index (χ1n) is 7.08. The van der Waals surface area contributed by atoms with Gasteiger partial charge >= 0.3 is 17.7 Å². The average molecular weight is 334 g/mol. The summed E-state index contributed by atoms with van der Waals surface area (Å²) < 4.78 is 5.06. The number of Topliss-reactive ketones (excluding diaryl/α,β-unsaturated/α-hetero) is 1. The maximum absolute atomic E-state index is 12.2. The number of nitro groups is 1. The van der Waals surface area contributed by atoms with Crippen molar-refractivity contribution in [3.63, 3.8) is 0 Å². The number of hydrogen-bond donors (Lipinski definition) is 1. The summed E-state index contributed by atoms with van der Waals surface area (Å²) in [7, 11) is 0. The second kappa shape index (κ2) is 7.98. The summed E-state index contributed by atoms with van der Waals surface area (Å²) in [5.74, 6) is -2.38. The van der Waals surface area contributed by atoms with Crippen molar-refractivity contribution >= 4 is 17.7 Å². The summed E-state index contributed by atoms with van der Waals surface area (Å²) >= 11 is 0. The van der Waals surface area contributed by atoms with E-state index in [4.69, 9.17) is 10.3 Å². The van der Waals surface area contributed by atoms with Crippen LogP contribution in [0.2, 0.25) is 0 Å². The van der Waals surface area contributed by atoms with Crippen LogP contribution in [0.1, 0.15) is 26.3 Å². The van der Waals surface area contributed by atoms with Crippen LogP contribution in [-0.2, 0) is 16.0 Å². The van der Waals surface area contributed by atoms with Crippen molar-refractivity contribution in [3.05, 3.63) is 51.5 Å². The summed E-state index contributed by atoms with van der Waals surface area (Å²) in [6, 6.07) is 7.29. The molecule has 1 atom stereocenters. The highest BCUT2D eigenvalue weighted by Crippen LogP contribution is 2.09. The molecule has 0 spiro atoms. The maximum atomic E-state index is 12.2. The molecule has 0 saturated heterocycles. The summed E-state index contributed by atoms with van der Waals surface area (Å²) in [5, 5.41) is 13.1.